The zero-order chi connectivity index (χ0) is 13.7. The molecule has 0 saturated carbocycles. The SMILES string of the molecule is C[C@@H](COCc1cc(C(=O)O)ccc1O)C(=O)O. The molecular weight excluding hydrogens is 240 g/mol. The highest BCUT2D eigenvalue weighted by Gasteiger charge is 2.12. The molecule has 0 heterocycles. The summed E-state index contributed by atoms with van der Waals surface area (Å²) in [4.78, 5) is 21.3. The number of carboxylic acids is 2. The van der Waals surface area contributed by atoms with Crippen LogP contribution in [0.2, 0.25) is 0 Å². The molecule has 1 aromatic carbocycles. The lowest BCUT2D eigenvalue weighted by Gasteiger charge is -2.09. The number of phenols is 1. The maximum atomic E-state index is 10.7. The molecule has 0 fully saturated rings. The Hall–Kier alpha value is -2.08. The molecule has 1 aromatic rings. The second-order valence-electron chi connectivity index (χ2n) is 3.90. The molecule has 6 heteroatoms. The lowest BCUT2D eigenvalue weighted by molar-refractivity contribution is -0.143. The van der Waals surface area contributed by atoms with Gasteiger partial charge in [-0.25, -0.2) is 4.79 Å². The van der Waals surface area contributed by atoms with Crippen LogP contribution >= 0.6 is 0 Å². The molecule has 0 saturated heterocycles. The van der Waals surface area contributed by atoms with Crippen molar-refractivity contribution in [2.45, 2.75) is 13.5 Å². The van der Waals surface area contributed by atoms with Gasteiger partial charge in [0.05, 0.1) is 24.7 Å². The van der Waals surface area contributed by atoms with Gasteiger partial charge in [0.15, 0.2) is 0 Å². The number of benzene rings is 1. The van der Waals surface area contributed by atoms with Crippen molar-refractivity contribution in [1.82, 2.24) is 0 Å². The first-order valence-electron chi connectivity index (χ1n) is 5.27. The third kappa shape index (κ3) is 3.74. The topological polar surface area (TPSA) is 104 Å². The summed E-state index contributed by atoms with van der Waals surface area (Å²) in [6.45, 7) is 1.45. The van der Waals surface area contributed by atoms with Crippen molar-refractivity contribution in [2.75, 3.05) is 6.61 Å². The van der Waals surface area contributed by atoms with E-state index in [1.807, 2.05) is 0 Å². The number of aromatic carboxylic acids is 1. The molecule has 0 bridgehead atoms. The maximum absolute atomic E-state index is 10.7. The van der Waals surface area contributed by atoms with Gasteiger partial charge in [0.1, 0.15) is 5.75 Å². The van der Waals surface area contributed by atoms with Gasteiger partial charge < -0.3 is 20.1 Å². The van der Waals surface area contributed by atoms with Crippen molar-refractivity contribution >= 4 is 11.9 Å². The van der Waals surface area contributed by atoms with Gasteiger partial charge in [0, 0.05) is 5.56 Å². The molecule has 0 spiro atoms. The second kappa shape index (κ2) is 6.02. The Morgan fingerprint density at radius 3 is 2.56 bits per heavy atom. The zero-order valence-corrected chi connectivity index (χ0v) is 9.79. The van der Waals surface area contributed by atoms with Gasteiger partial charge in [0.2, 0.25) is 0 Å². The van der Waals surface area contributed by atoms with Crippen LogP contribution in [0.25, 0.3) is 0 Å². The predicted molar refractivity (Wildman–Crippen MR) is 61.5 cm³/mol. The standard InChI is InChI=1S/C12H14O6/c1-7(11(14)15)5-18-6-9-4-8(12(16)17)2-3-10(9)13/h2-4,7,13H,5-6H2,1H3,(H,14,15)(H,16,17)/t7-/m0/s1. The normalized spacial score (nSPS) is 12.1. The van der Waals surface area contributed by atoms with Crippen LogP contribution in [-0.4, -0.2) is 33.9 Å². The molecule has 1 atom stereocenters. The van der Waals surface area contributed by atoms with Crippen molar-refractivity contribution < 1.29 is 29.6 Å². The van der Waals surface area contributed by atoms with E-state index in [4.69, 9.17) is 14.9 Å². The summed E-state index contributed by atoms with van der Waals surface area (Å²) in [6.07, 6.45) is 0. The summed E-state index contributed by atoms with van der Waals surface area (Å²) in [5.41, 5.74) is 0.352. The van der Waals surface area contributed by atoms with Gasteiger partial charge in [-0.1, -0.05) is 0 Å². The summed E-state index contributed by atoms with van der Waals surface area (Å²) in [6, 6.07) is 3.84. The van der Waals surface area contributed by atoms with E-state index in [-0.39, 0.29) is 24.5 Å². The molecule has 1 rings (SSSR count). The number of aliphatic carboxylic acids is 1. The Balaban J connectivity index is 2.64. The van der Waals surface area contributed by atoms with E-state index in [1.165, 1.54) is 25.1 Å². The minimum absolute atomic E-state index is 0.00786. The molecule has 0 aliphatic heterocycles. The van der Waals surface area contributed by atoms with E-state index < -0.39 is 17.9 Å². The van der Waals surface area contributed by atoms with E-state index in [2.05, 4.69) is 0 Å². The largest absolute Gasteiger partial charge is 0.508 e. The molecule has 0 aromatic heterocycles. The van der Waals surface area contributed by atoms with E-state index in [0.29, 0.717) is 5.56 Å². The highest BCUT2D eigenvalue weighted by atomic mass is 16.5. The van der Waals surface area contributed by atoms with Crippen molar-refractivity contribution in [3.8, 4) is 5.75 Å². The monoisotopic (exact) mass is 254 g/mol. The lowest BCUT2D eigenvalue weighted by Crippen LogP contribution is -2.16. The fourth-order valence-corrected chi connectivity index (χ4v) is 1.25. The summed E-state index contributed by atoms with van der Waals surface area (Å²) >= 11 is 0. The minimum Gasteiger partial charge on any atom is -0.508 e. The number of phenolic OH excluding ortho intramolecular Hbond substituents is 1. The number of carbonyl (C=O) groups is 2. The van der Waals surface area contributed by atoms with Gasteiger partial charge in [0.25, 0.3) is 0 Å². The Bertz CT molecular complexity index is 454. The molecule has 3 N–H and O–H groups in total. The molecule has 6 nitrogen and oxygen atoms in total. The molecule has 0 amide bonds. The predicted octanol–water partition coefficient (Wildman–Crippen LogP) is 1.33. The Labute approximate surface area is 103 Å². The van der Waals surface area contributed by atoms with E-state index >= 15 is 0 Å². The molecule has 0 radical (unpaired) electrons. The summed E-state index contributed by atoms with van der Waals surface area (Å²) in [5, 5.41) is 26.9. The quantitative estimate of drug-likeness (QED) is 0.707. The molecule has 18 heavy (non-hydrogen) atoms. The lowest BCUT2D eigenvalue weighted by atomic mass is 10.1. The minimum atomic E-state index is -1.10. The van der Waals surface area contributed by atoms with E-state index in [9.17, 15) is 14.7 Å². The Morgan fingerprint density at radius 2 is 2.00 bits per heavy atom. The van der Waals surface area contributed by atoms with Crippen molar-refractivity contribution in [2.24, 2.45) is 5.92 Å². The summed E-state index contributed by atoms with van der Waals surface area (Å²) < 4.78 is 5.12. The number of hydrogen-bond donors (Lipinski definition) is 3. The summed E-state index contributed by atoms with van der Waals surface area (Å²) in [7, 11) is 0. The number of aromatic hydroxyl groups is 1. The smallest absolute Gasteiger partial charge is 0.335 e. The van der Waals surface area contributed by atoms with Gasteiger partial charge in [-0.3, -0.25) is 4.79 Å². The highest BCUT2D eigenvalue weighted by Crippen LogP contribution is 2.19. The number of hydrogen-bond acceptors (Lipinski definition) is 4. The van der Waals surface area contributed by atoms with Gasteiger partial charge >= 0.3 is 11.9 Å². The zero-order valence-electron chi connectivity index (χ0n) is 9.79. The average Bonchev–Trinajstić information content (AvgIpc) is 2.30. The van der Waals surface area contributed by atoms with Crippen LogP contribution in [0, 0.1) is 5.92 Å². The van der Waals surface area contributed by atoms with E-state index in [1.54, 1.807) is 0 Å². The first-order chi connectivity index (χ1) is 8.41. The second-order valence-corrected chi connectivity index (χ2v) is 3.90. The number of rotatable bonds is 6. The van der Waals surface area contributed by atoms with Crippen LogP contribution < -0.4 is 0 Å². The van der Waals surface area contributed by atoms with Gasteiger partial charge in [-0.15, -0.1) is 0 Å². The molecule has 0 aliphatic rings. The van der Waals surface area contributed by atoms with E-state index in [0.717, 1.165) is 0 Å². The van der Waals surface area contributed by atoms with Crippen LogP contribution in [0.4, 0.5) is 0 Å². The summed E-state index contributed by atoms with van der Waals surface area (Å²) in [5.74, 6) is -2.81. The molecular formula is C12H14O6. The Kier molecular flexibility index (Phi) is 4.67. The number of ether oxygens (including phenoxy) is 1. The maximum Gasteiger partial charge on any atom is 0.335 e. The van der Waals surface area contributed by atoms with Gasteiger partial charge in [-0.05, 0) is 25.1 Å². The van der Waals surface area contributed by atoms with Crippen LogP contribution in [0.5, 0.6) is 5.75 Å². The van der Waals surface area contributed by atoms with Crippen LogP contribution in [0.15, 0.2) is 18.2 Å². The fourth-order valence-electron chi connectivity index (χ4n) is 1.25. The van der Waals surface area contributed by atoms with Crippen molar-refractivity contribution in [3.05, 3.63) is 29.3 Å². The van der Waals surface area contributed by atoms with Crippen molar-refractivity contribution in [1.29, 1.82) is 0 Å². The van der Waals surface area contributed by atoms with Crippen LogP contribution in [0.3, 0.4) is 0 Å². The first kappa shape index (κ1) is 14.0. The third-order valence-corrected chi connectivity index (χ3v) is 2.37. The number of carboxylic acid groups (broad SMARTS) is 2. The first-order valence-corrected chi connectivity index (χ1v) is 5.27. The van der Waals surface area contributed by atoms with Gasteiger partial charge in [-0.2, -0.15) is 0 Å². The van der Waals surface area contributed by atoms with Crippen LogP contribution in [0.1, 0.15) is 22.8 Å². The molecule has 0 aliphatic carbocycles. The Morgan fingerprint density at radius 1 is 1.33 bits per heavy atom. The highest BCUT2D eigenvalue weighted by molar-refractivity contribution is 5.88. The third-order valence-electron chi connectivity index (χ3n) is 2.37. The molecule has 0 unspecified atom stereocenters. The van der Waals surface area contributed by atoms with Crippen molar-refractivity contribution in [3.63, 3.8) is 0 Å². The molecule has 98 valence electrons. The van der Waals surface area contributed by atoms with Crippen LogP contribution in [-0.2, 0) is 16.1 Å². The fraction of sp³-hybridized carbons (Fsp3) is 0.333. The average molecular weight is 254 g/mol.